The highest BCUT2D eigenvalue weighted by atomic mass is 35.5. The average Bonchev–Trinajstić information content (AvgIpc) is 3.15. The van der Waals surface area contributed by atoms with Crippen LogP contribution in [0.3, 0.4) is 0 Å². The van der Waals surface area contributed by atoms with Gasteiger partial charge >= 0.3 is 0 Å². The largest absolute Gasteiger partial charge is 0.485 e. The third kappa shape index (κ3) is 4.65. The predicted octanol–water partition coefficient (Wildman–Crippen LogP) is 5.97. The molecule has 0 fully saturated rings. The minimum atomic E-state index is -3.97. The van der Waals surface area contributed by atoms with E-state index in [2.05, 4.69) is 4.72 Å². The zero-order chi connectivity index (χ0) is 24.5. The first-order valence-electron chi connectivity index (χ1n) is 10.7. The molecule has 0 aromatic heterocycles. The van der Waals surface area contributed by atoms with Crippen molar-refractivity contribution in [2.75, 3.05) is 0 Å². The van der Waals surface area contributed by atoms with Crippen molar-refractivity contribution in [1.82, 2.24) is 4.72 Å². The van der Waals surface area contributed by atoms with Crippen LogP contribution >= 0.6 is 11.6 Å². The molecule has 1 heterocycles. The number of ketones is 1. The zero-order valence-corrected chi connectivity index (χ0v) is 20.6. The molecule has 0 spiro atoms. The van der Waals surface area contributed by atoms with Gasteiger partial charge in [-0.1, -0.05) is 77.8 Å². The number of halogens is 1. The van der Waals surface area contributed by atoms with Crippen LogP contribution in [0.5, 0.6) is 0 Å². The normalized spacial score (nSPS) is 17.4. The fraction of sp³-hybridized carbons (Fsp3) is 0.148. The van der Waals surface area contributed by atoms with Gasteiger partial charge in [-0.2, -0.15) is 0 Å². The summed E-state index contributed by atoms with van der Waals surface area (Å²) >= 11 is 6.49. The van der Waals surface area contributed by atoms with E-state index in [1.165, 1.54) is 6.92 Å². The number of allylic oxidation sites excluding steroid dienone is 1. The Bertz CT molecular complexity index is 1410. The number of rotatable bonds is 6. The maximum absolute atomic E-state index is 13.4. The minimum Gasteiger partial charge on any atom is -0.485 e. The summed E-state index contributed by atoms with van der Waals surface area (Å²) in [6.07, 6.45) is -0.761. The summed E-state index contributed by atoms with van der Waals surface area (Å²) in [6.45, 7) is 5.02. The summed E-state index contributed by atoms with van der Waals surface area (Å²) in [5.74, 6) is 0.181. The Hall–Kier alpha value is -3.35. The third-order valence-electron chi connectivity index (χ3n) is 5.62. The van der Waals surface area contributed by atoms with E-state index in [1.54, 1.807) is 73.7 Å². The molecule has 1 aliphatic rings. The second-order valence-corrected chi connectivity index (χ2v) is 10.2. The van der Waals surface area contributed by atoms with Crippen molar-refractivity contribution in [2.45, 2.75) is 31.8 Å². The first-order valence-corrected chi connectivity index (χ1v) is 12.6. The van der Waals surface area contributed by atoms with E-state index in [0.717, 1.165) is 5.56 Å². The number of carbonyl (C=O) groups is 1. The Labute approximate surface area is 204 Å². The number of benzene rings is 3. The molecule has 0 saturated heterocycles. The molecule has 0 saturated carbocycles. The molecule has 34 heavy (non-hydrogen) atoms. The summed E-state index contributed by atoms with van der Waals surface area (Å²) < 4.78 is 35.8. The van der Waals surface area contributed by atoms with Gasteiger partial charge in [-0.3, -0.25) is 9.52 Å². The van der Waals surface area contributed by atoms with Crippen LogP contribution in [0.2, 0.25) is 5.02 Å². The fourth-order valence-electron chi connectivity index (χ4n) is 4.00. The Kier molecular flexibility index (Phi) is 6.64. The molecule has 5 nitrogen and oxygen atoms in total. The summed E-state index contributed by atoms with van der Waals surface area (Å²) in [5, 5.41) is 0.455. The summed E-state index contributed by atoms with van der Waals surface area (Å²) in [6, 6.07) is 22.8. The van der Waals surface area contributed by atoms with Gasteiger partial charge in [0.15, 0.2) is 11.9 Å². The predicted molar refractivity (Wildman–Crippen MR) is 134 cm³/mol. The molecule has 0 aliphatic carbocycles. The molecular formula is C27H24ClNO4S. The van der Waals surface area contributed by atoms with Gasteiger partial charge in [0.2, 0.25) is 0 Å². The van der Waals surface area contributed by atoms with Gasteiger partial charge in [0.25, 0.3) is 10.0 Å². The summed E-state index contributed by atoms with van der Waals surface area (Å²) in [4.78, 5) is 12.9. The molecular weight excluding hydrogens is 470 g/mol. The van der Waals surface area contributed by atoms with Crippen LogP contribution in [-0.4, -0.2) is 14.2 Å². The highest BCUT2D eigenvalue weighted by Crippen LogP contribution is 2.46. The van der Waals surface area contributed by atoms with Crippen LogP contribution < -0.4 is 4.72 Å². The number of carbonyl (C=O) groups excluding carboxylic acids is 1. The number of aryl methyl sites for hydroxylation is 1. The highest BCUT2D eigenvalue weighted by Gasteiger charge is 2.38. The molecule has 3 aromatic rings. The van der Waals surface area contributed by atoms with Crippen LogP contribution in [0.15, 0.2) is 101 Å². The molecule has 7 heteroatoms. The van der Waals surface area contributed by atoms with E-state index in [0.29, 0.717) is 33.1 Å². The van der Waals surface area contributed by atoms with Gasteiger partial charge in [-0.15, -0.1) is 0 Å². The molecule has 1 unspecified atom stereocenters. The molecule has 0 bridgehead atoms. The monoisotopic (exact) mass is 493 g/mol. The zero-order valence-electron chi connectivity index (χ0n) is 19.0. The average molecular weight is 494 g/mol. The van der Waals surface area contributed by atoms with Crippen molar-refractivity contribution in [3.8, 4) is 0 Å². The number of hydrogen-bond acceptors (Lipinski definition) is 4. The maximum Gasteiger partial charge on any atom is 0.261 e. The molecule has 1 atom stereocenters. The first-order chi connectivity index (χ1) is 16.2. The van der Waals surface area contributed by atoms with Gasteiger partial charge in [0.05, 0.1) is 16.2 Å². The first kappa shape index (κ1) is 23.8. The van der Waals surface area contributed by atoms with Crippen molar-refractivity contribution < 1.29 is 17.9 Å². The van der Waals surface area contributed by atoms with Crippen molar-refractivity contribution in [2.24, 2.45) is 0 Å². The van der Waals surface area contributed by atoms with Crippen LogP contribution in [0.1, 0.15) is 36.6 Å². The SMILES string of the molecule is CC(=O)C1=C(C)OC(c2ccccc2Cl)/C1=C(/NS(=O)(=O)c1ccc(C)cc1)c1ccccc1. The Morgan fingerprint density at radius 1 is 0.912 bits per heavy atom. The summed E-state index contributed by atoms with van der Waals surface area (Å²) in [7, 11) is -3.97. The van der Waals surface area contributed by atoms with Gasteiger partial charge in [-0.25, -0.2) is 8.42 Å². The lowest BCUT2D eigenvalue weighted by molar-refractivity contribution is -0.113. The number of nitrogens with one attached hydrogen (secondary N) is 1. The number of sulfonamides is 1. The minimum absolute atomic E-state index is 0.116. The maximum atomic E-state index is 13.4. The summed E-state index contributed by atoms with van der Waals surface area (Å²) in [5.41, 5.74) is 3.21. The molecule has 3 aromatic carbocycles. The Morgan fingerprint density at radius 3 is 2.15 bits per heavy atom. The van der Waals surface area contributed by atoms with E-state index in [1.807, 2.05) is 19.1 Å². The molecule has 1 N–H and O–H groups in total. The molecule has 0 radical (unpaired) electrons. The van der Waals surface area contributed by atoms with Gasteiger partial charge in [-0.05, 0) is 44.5 Å². The van der Waals surface area contributed by atoms with Gasteiger partial charge < -0.3 is 4.74 Å². The van der Waals surface area contributed by atoms with Gasteiger partial charge in [0.1, 0.15) is 5.76 Å². The fourth-order valence-corrected chi connectivity index (χ4v) is 5.34. The lowest BCUT2D eigenvalue weighted by Gasteiger charge is -2.21. The van der Waals surface area contributed by atoms with Crippen LogP contribution in [0, 0.1) is 6.92 Å². The molecule has 174 valence electrons. The number of Topliss-reactive ketones (excluding diaryl/α,β-unsaturated/α-hetero) is 1. The quantitative estimate of drug-likeness (QED) is 0.459. The Morgan fingerprint density at radius 2 is 1.53 bits per heavy atom. The van der Waals surface area contributed by atoms with E-state index in [4.69, 9.17) is 16.3 Å². The second-order valence-electron chi connectivity index (χ2n) is 8.08. The highest BCUT2D eigenvalue weighted by molar-refractivity contribution is 7.89. The lowest BCUT2D eigenvalue weighted by atomic mass is 9.91. The van der Waals surface area contributed by atoms with Crippen LogP contribution in [0.4, 0.5) is 0 Å². The van der Waals surface area contributed by atoms with Crippen LogP contribution in [0.25, 0.3) is 5.70 Å². The molecule has 4 rings (SSSR count). The topological polar surface area (TPSA) is 72.5 Å². The number of ether oxygens (including phenoxy) is 1. The Balaban J connectivity index is 1.98. The lowest BCUT2D eigenvalue weighted by Crippen LogP contribution is -2.25. The van der Waals surface area contributed by atoms with Crippen molar-refractivity contribution in [3.63, 3.8) is 0 Å². The standard InChI is InChI=1S/C27H24ClNO4S/c1-17-13-15-21(16-14-17)34(31,32)29-26(20-9-5-4-6-10-20)25-24(18(2)30)19(3)33-27(25)22-11-7-8-12-23(22)28/h4-16,27,29H,1-3H3/b26-25+. The molecule has 1 aliphatic heterocycles. The smallest absolute Gasteiger partial charge is 0.261 e. The van der Waals surface area contributed by atoms with E-state index >= 15 is 0 Å². The van der Waals surface area contributed by atoms with Crippen molar-refractivity contribution in [1.29, 1.82) is 0 Å². The molecule has 0 amide bonds. The van der Waals surface area contributed by atoms with E-state index in [-0.39, 0.29) is 16.4 Å². The number of hydrogen-bond donors (Lipinski definition) is 1. The van der Waals surface area contributed by atoms with Gasteiger partial charge in [0, 0.05) is 16.2 Å². The van der Waals surface area contributed by atoms with E-state index < -0.39 is 16.1 Å². The third-order valence-corrected chi connectivity index (χ3v) is 7.33. The van der Waals surface area contributed by atoms with Crippen LogP contribution in [-0.2, 0) is 19.6 Å². The second kappa shape index (κ2) is 9.49. The van der Waals surface area contributed by atoms with Crippen molar-refractivity contribution >= 4 is 33.1 Å². The van der Waals surface area contributed by atoms with E-state index in [9.17, 15) is 13.2 Å². The van der Waals surface area contributed by atoms with Crippen molar-refractivity contribution in [3.05, 3.63) is 117 Å².